The number of nitrogens with one attached hydrogen (secondary N) is 1. The van der Waals surface area contributed by atoms with Gasteiger partial charge in [0, 0.05) is 19.0 Å². The van der Waals surface area contributed by atoms with E-state index in [1.54, 1.807) is 0 Å². The lowest BCUT2D eigenvalue weighted by molar-refractivity contribution is -0.157. The van der Waals surface area contributed by atoms with Crippen LogP contribution in [-0.4, -0.2) is 35.7 Å². The molecule has 1 aliphatic heterocycles. The van der Waals surface area contributed by atoms with E-state index in [9.17, 15) is 9.59 Å². The van der Waals surface area contributed by atoms with E-state index in [1.165, 1.54) is 0 Å². The van der Waals surface area contributed by atoms with Crippen molar-refractivity contribution < 1.29 is 19.4 Å². The Kier molecular flexibility index (Phi) is 3.16. The van der Waals surface area contributed by atoms with Crippen LogP contribution in [-0.2, 0) is 14.3 Å². The third-order valence-corrected chi connectivity index (χ3v) is 1.76. The molecule has 1 rings (SSSR count). The lowest BCUT2D eigenvalue weighted by Crippen LogP contribution is -2.33. The van der Waals surface area contributed by atoms with Crippen LogP contribution in [0.15, 0.2) is 12.7 Å². The van der Waals surface area contributed by atoms with Crippen LogP contribution in [0, 0.1) is 0 Å². The Morgan fingerprint density at radius 2 is 2.31 bits per heavy atom. The third kappa shape index (κ3) is 2.64. The van der Waals surface area contributed by atoms with Crippen molar-refractivity contribution in [1.82, 2.24) is 5.32 Å². The highest BCUT2D eigenvalue weighted by atomic mass is 16.6. The fourth-order valence-electron chi connectivity index (χ4n) is 1.11. The monoisotopic (exact) mass is 185 g/mol. The smallest absolute Gasteiger partial charge is 0.337 e. The molecule has 13 heavy (non-hydrogen) atoms. The largest absolute Gasteiger partial charge is 0.392 e. The Labute approximate surface area is 75.4 Å². The molecule has 0 radical (unpaired) electrons. The fourth-order valence-corrected chi connectivity index (χ4v) is 1.11. The van der Waals surface area contributed by atoms with Crippen molar-refractivity contribution >= 4 is 11.9 Å². The minimum atomic E-state index is -0.770. The number of carbonyl (C=O) groups excluding carboxylic acids is 2. The minimum Gasteiger partial charge on any atom is -0.392 e. The fraction of sp³-hybridized carbons (Fsp3) is 0.500. The molecule has 0 aromatic heterocycles. The van der Waals surface area contributed by atoms with E-state index in [-0.39, 0.29) is 6.42 Å². The van der Waals surface area contributed by atoms with Gasteiger partial charge in [0.1, 0.15) is 6.04 Å². The maximum absolute atomic E-state index is 11.1. The molecule has 2 N–H and O–H groups in total. The molecule has 0 bridgehead atoms. The van der Waals surface area contributed by atoms with Gasteiger partial charge < -0.3 is 15.2 Å². The van der Waals surface area contributed by atoms with E-state index in [2.05, 4.69) is 16.6 Å². The highest BCUT2D eigenvalue weighted by Gasteiger charge is 2.30. The molecule has 5 nitrogen and oxygen atoms in total. The number of β-amino-alcohol motifs (C(OH)–C–C–N with tert-alkyl or cyclic N) is 1. The number of ether oxygens (including phenoxy) is 1. The summed E-state index contributed by atoms with van der Waals surface area (Å²) in [6.45, 7) is 3.51. The van der Waals surface area contributed by atoms with Crippen LogP contribution in [0.25, 0.3) is 0 Å². The normalized spacial score (nSPS) is 26.8. The molecule has 0 aromatic rings. The number of hydrogen-bond acceptors (Lipinski definition) is 5. The molecule has 2 atom stereocenters. The molecule has 0 saturated carbocycles. The van der Waals surface area contributed by atoms with E-state index >= 15 is 0 Å². The Balaban J connectivity index is 2.40. The molecular formula is C8H11NO4. The Hall–Kier alpha value is -1.20. The van der Waals surface area contributed by atoms with Crippen LogP contribution in [0.1, 0.15) is 6.42 Å². The van der Waals surface area contributed by atoms with Gasteiger partial charge in [-0.2, -0.15) is 0 Å². The molecule has 72 valence electrons. The summed E-state index contributed by atoms with van der Waals surface area (Å²) >= 11 is 0. The van der Waals surface area contributed by atoms with E-state index in [4.69, 9.17) is 5.11 Å². The zero-order chi connectivity index (χ0) is 9.84. The van der Waals surface area contributed by atoms with Gasteiger partial charge in [0.05, 0.1) is 6.10 Å². The molecule has 1 saturated heterocycles. The maximum Gasteiger partial charge on any atom is 0.337 e. The standard InChI is InChI=1S/C8H11NO4/c1-2-7(11)13-8(12)6-3-5(10)4-9-6/h2,5-6,9-10H,1,3-4H2/t5-,6+/m1/s1. The number of carbonyl (C=O) groups is 2. The van der Waals surface area contributed by atoms with Crippen LogP contribution in [0.3, 0.4) is 0 Å². The van der Waals surface area contributed by atoms with Crippen LogP contribution in [0.5, 0.6) is 0 Å². The molecule has 5 heteroatoms. The molecule has 0 unspecified atom stereocenters. The molecule has 0 aromatic carbocycles. The molecule has 1 aliphatic rings. The lowest BCUT2D eigenvalue weighted by Gasteiger charge is -2.06. The SMILES string of the molecule is C=CC(=O)OC(=O)[C@@H]1C[C@@H](O)CN1. The summed E-state index contributed by atoms with van der Waals surface area (Å²) in [5.41, 5.74) is 0. The van der Waals surface area contributed by atoms with Crippen LogP contribution in [0.2, 0.25) is 0 Å². The Bertz CT molecular complexity index is 238. The first-order chi connectivity index (χ1) is 6.13. The van der Waals surface area contributed by atoms with Crippen molar-refractivity contribution in [3.63, 3.8) is 0 Å². The summed E-state index contributed by atoms with van der Waals surface area (Å²) in [6.07, 6.45) is 0.656. The summed E-state index contributed by atoms with van der Waals surface area (Å²) in [5, 5.41) is 11.8. The van der Waals surface area contributed by atoms with Gasteiger partial charge in [-0.15, -0.1) is 0 Å². The highest BCUT2D eigenvalue weighted by molar-refractivity contribution is 5.93. The first-order valence-corrected chi connectivity index (χ1v) is 3.93. The molecule has 0 aliphatic carbocycles. The van der Waals surface area contributed by atoms with Crippen molar-refractivity contribution in [2.24, 2.45) is 0 Å². The number of hydrogen-bond donors (Lipinski definition) is 2. The topological polar surface area (TPSA) is 75.6 Å². The maximum atomic E-state index is 11.1. The molecule has 0 amide bonds. The molecule has 0 spiro atoms. The summed E-state index contributed by atoms with van der Waals surface area (Å²) in [6, 6.07) is -0.584. The molecule has 1 fully saturated rings. The predicted molar refractivity (Wildman–Crippen MR) is 43.7 cm³/mol. The summed E-state index contributed by atoms with van der Waals surface area (Å²) in [7, 11) is 0. The van der Waals surface area contributed by atoms with E-state index in [1.807, 2.05) is 0 Å². The van der Waals surface area contributed by atoms with Crippen molar-refractivity contribution in [2.45, 2.75) is 18.6 Å². The number of aliphatic hydroxyl groups is 1. The number of aliphatic hydroxyl groups excluding tert-OH is 1. The van der Waals surface area contributed by atoms with Gasteiger partial charge in [0.25, 0.3) is 0 Å². The second-order valence-electron chi connectivity index (χ2n) is 2.79. The van der Waals surface area contributed by atoms with E-state index in [0.29, 0.717) is 6.54 Å². The van der Waals surface area contributed by atoms with Crippen molar-refractivity contribution in [3.8, 4) is 0 Å². The minimum absolute atomic E-state index is 0.281. The average Bonchev–Trinajstić information content (AvgIpc) is 2.51. The predicted octanol–water partition coefficient (Wildman–Crippen LogP) is -1.04. The average molecular weight is 185 g/mol. The van der Waals surface area contributed by atoms with Crippen LogP contribution in [0.4, 0.5) is 0 Å². The second kappa shape index (κ2) is 4.15. The zero-order valence-electron chi connectivity index (χ0n) is 7.03. The highest BCUT2D eigenvalue weighted by Crippen LogP contribution is 2.07. The van der Waals surface area contributed by atoms with E-state index < -0.39 is 24.1 Å². The first-order valence-electron chi connectivity index (χ1n) is 3.93. The summed E-state index contributed by atoms with van der Waals surface area (Å²) in [5.74, 6) is -1.44. The van der Waals surface area contributed by atoms with Crippen molar-refractivity contribution in [3.05, 3.63) is 12.7 Å². The van der Waals surface area contributed by atoms with Gasteiger partial charge in [0.2, 0.25) is 0 Å². The summed E-state index contributed by atoms with van der Waals surface area (Å²) < 4.78 is 4.36. The van der Waals surface area contributed by atoms with Gasteiger partial charge >= 0.3 is 11.9 Å². The third-order valence-electron chi connectivity index (χ3n) is 1.76. The lowest BCUT2D eigenvalue weighted by atomic mass is 10.2. The van der Waals surface area contributed by atoms with Crippen molar-refractivity contribution in [2.75, 3.05) is 6.54 Å². The summed E-state index contributed by atoms with van der Waals surface area (Å²) in [4.78, 5) is 21.7. The van der Waals surface area contributed by atoms with Crippen molar-refractivity contribution in [1.29, 1.82) is 0 Å². The zero-order valence-corrected chi connectivity index (χ0v) is 7.03. The van der Waals surface area contributed by atoms with Gasteiger partial charge in [-0.3, -0.25) is 0 Å². The quantitative estimate of drug-likeness (QED) is 0.326. The van der Waals surface area contributed by atoms with Crippen LogP contribution >= 0.6 is 0 Å². The second-order valence-corrected chi connectivity index (χ2v) is 2.79. The first kappa shape index (κ1) is 9.88. The van der Waals surface area contributed by atoms with E-state index in [0.717, 1.165) is 6.08 Å². The van der Waals surface area contributed by atoms with Gasteiger partial charge in [-0.25, -0.2) is 9.59 Å². The van der Waals surface area contributed by atoms with Crippen LogP contribution < -0.4 is 5.32 Å². The molecule has 1 heterocycles. The Morgan fingerprint density at radius 3 is 2.77 bits per heavy atom. The van der Waals surface area contributed by atoms with Gasteiger partial charge in [0.15, 0.2) is 0 Å². The van der Waals surface area contributed by atoms with Gasteiger partial charge in [-0.1, -0.05) is 6.58 Å². The number of esters is 2. The number of rotatable bonds is 2. The van der Waals surface area contributed by atoms with Gasteiger partial charge in [-0.05, 0) is 0 Å². The Morgan fingerprint density at radius 1 is 1.62 bits per heavy atom. The molecular weight excluding hydrogens is 174 g/mol.